The summed E-state index contributed by atoms with van der Waals surface area (Å²) in [4.78, 5) is 22.4. The number of ether oxygens (including phenoxy) is 1. The smallest absolute Gasteiger partial charge is 0.412 e. The van der Waals surface area contributed by atoms with E-state index in [9.17, 15) is 9.59 Å². The Bertz CT molecular complexity index is 491. The third kappa shape index (κ3) is 4.70. The van der Waals surface area contributed by atoms with Gasteiger partial charge in [-0.05, 0) is 26.7 Å². The molecule has 0 aliphatic rings. The first-order chi connectivity index (χ1) is 8.30. The molecule has 0 atom stereocenters. The minimum absolute atomic E-state index is 0.0213. The molecule has 6 nitrogen and oxygen atoms in total. The molecule has 1 rings (SSSR count). The molecule has 1 N–H and O–H groups in total. The van der Waals surface area contributed by atoms with Gasteiger partial charge in [0.2, 0.25) is 5.78 Å². The summed E-state index contributed by atoms with van der Waals surface area (Å²) in [7, 11) is 0. The van der Waals surface area contributed by atoms with Crippen molar-refractivity contribution in [2.24, 2.45) is 0 Å². The molecular formula is C12H15N3O3. The van der Waals surface area contributed by atoms with Crippen molar-refractivity contribution in [3.63, 3.8) is 0 Å². The fraction of sp³-hybridized carbons (Fsp3) is 0.417. The molecule has 0 fully saturated rings. The first kappa shape index (κ1) is 13.8. The van der Waals surface area contributed by atoms with E-state index in [2.05, 4.69) is 10.4 Å². The molecule has 6 heteroatoms. The molecular weight excluding hydrogens is 234 g/mol. The fourth-order valence-electron chi connectivity index (χ4n) is 1.13. The lowest BCUT2D eigenvalue weighted by atomic mass is 10.2. The maximum absolute atomic E-state index is 11.4. The zero-order chi connectivity index (χ0) is 13.8. The van der Waals surface area contributed by atoms with Gasteiger partial charge in [-0.25, -0.2) is 4.79 Å². The Morgan fingerprint density at radius 2 is 2.22 bits per heavy atom. The minimum Gasteiger partial charge on any atom is -0.444 e. The molecule has 0 aliphatic carbocycles. The van der Waals surface area contributed by atoms with Gasteiger partial charge in [0.25, 0.3) is 0 Å². The van der Waals surface area contributed by atoms with Crippen LogP contribution in [-0.4, -0.2) is 27.3 Å². The number of amides is 1. The Hall–Kier alpha value is -2.29. The third-order valence-corrected chi connectivity index (χ3v) is 1.75. The van der Waals surface area contributed by atoms with Gasteiger partial charge >= 0.3 is 6.09 Å². The van der Waals surface area contributed by atoms with E-state index in [1.807, 2.05) is 5.92 Å². The summed E-state index contributed by atoms with van der Waals surface area (Å²) in [5.74, 6) is 1.60. The summed E-state index contributed by atoms with van der Waals surface area (Å²) < 4.78 is 6.41. The number of Topliss-reactive ketones (excluding diaryl/α,β-unsaturated/α-hetero) is 1. The SMILES string of the molecule is C#CC(=O)Cn1cc(NC(=O)OC(C)(C)C)cn1. The first-order valence-corrected chi connectivity index (χ1v) is 5.32. The monoisotopic (exact) mass is 249 g/mol. The standard InChI is InChI=1S/C12H15N3O3/c1-5-10(16)8-15-7-9(6-13-15)14-11(17)18-12(2,3)4/h1,6-7H,8H2,2-4H3,(H,14,17). The number of hydrogen-bond acceptors (Lipinski definition) is 4. The van der Waals surface area contributed by atoms with Gasteiger partial charge in [0, 0.05) is 6.20 Å². The number of carbonyl (C=O) groups excluding carboxylic acids is 2. The third-order valence-electron chi connectivity index (χ3n) is 1.75. The Kier molecular flexibility index (Phi) is 4.10. The van der Waals surface area contributed by atoms with E-state index in [-0.39, 0.29) is 12.3 Å². The van der Waals surface area contributed by atoms with Crippen molar-refractivity contribution in [2.45, 2.75) is 32.9 Å². The van der Waals surface area contributed by atoms with Crippen LogP contribution >= 0.6 is 0 Å². The Labute approximate surface area is 105 Å². The lowest BCUT2D eigenvalue weighted by Gasteiger charge is -2.19. The fourth-order valence-corrected chi connectivity index (χ4v) is 1.13. The quantitative estimate of drug-likeness (QED) is 0.649. The van der Waals surface area contributed by atoms with Gasteiger partial charge in [-0.15, -0.1) is 6.42 Å². The van der Waals surface area contributed by atoms with Crippen molar-refractivity contribution >= 4 is 17.6 Å². The van der Waals surface area contributed by atoms with Gasteiger partial charge in [-0.2, -0.15) is 5.10 Å². The molecule has 0 saturated heterocycles. The highest BCUT2D eigenvalue weighted by atomic mass is 16.6. The Balaban J connectivity index is 2.57. The highest BCUT2D eigenvalue weighted by molar-refractivity contribution is 5.94. The van der Waals surface area contributed by atoms with Crippen molar-refractivity contribution in [1.29, 1.82) is 0 Å². The van der Waals surface area contributed by atoms with Crippen LogP contribution in [0.5, 0.6) is 0 Å². The minimum atomic E-state index is -0.578. The number of nitrogens with one attached hydrogen (secondary N) is 1. The van der Waals surface area contributed by atoms with Crippen LogP contribution in [-0.2, 0) is 16.1 Å². The van der Waals surface area contributed by atoms with E-state index in [0.717, 1.165) is 0 Å². The van der Waals surface area contributed by atoms with Crippen LogP contribution < -0.4 is 5.32 Å². The van der Waals surface area contributed by atoms with Gasteiger partial charge in [0.1, 0.15) is 12.1 Å². The molecule has 0 saturated carbocycles. The van der Waals surface area contributed by atoms with Crippen LogP contribution in [0.3, 0.4) is 0 Å². The molecule has 1 aromatic rings. The van der Waals surface area contributed by atoms with Crippen LogP contribution in [0.25, 0.3) is 0 Å². The molecule has 0 bridgehead atoms. The van der Waals surface area contributed by atoms with Gasteiger partial charge in [0.05, 0.1) is 11.9 Å². The lowest BCUT2D eigenvalue weighted by Crippen LogP contribution is -2.27. The van der Waals surface area contributed by atoms with Crippen molar-refractivity contribution < 1.29 is 14.3 Å². The number of terminal acetylenes is 1. The molecule has 0 aliphatic heterocycles. The summed E-state index contributed by atoms with van der Waals surface area (Å²) >= 11 is 0. The van der Waals surface area contributed by atoms with E-state index in [1.165, 1.54) is 17.1 Å². The number of nitrogens with zero attached hydrogens (tertiary/aromatic N) is 2. The summed E-state index contributed by atoms with van der Waals surface area (Å²) in [6.07, 6.45) is 7.28. The van der Waals surface area contributed by atoms with Crippen LogP contribution in [0.15, 0.2) is 12.4 Å². The van der Waals surface area contributed by atoms with Crippen LogP contribution in [0, 0.1) is 12.3 Å². The molecule has 1 amide bonds. The summed E-state index contributed by atoms with van der Waals surface area (Å²) in [5, 5.41) is 6.39. The van der Waals surface area contributed by atoms with E-state index in [1.54, 1.807) is 20.8 Å². The van der Waals surface area contributed by atoms with Crippen molar-refractivity contribution in [3.05, 3.63) is 12.4 Å². The number of ketones is 1. The molecule has 1 aromatic heterocycles. The van der Waals surface area contributed by atoms with Crippen LogP contribution in [0.2, 0.25) is 0 Å². The maximum Gasteiger partial charge on any atom is 0.412 e. The van der Waals surface area contributed by atoms with Gasteiger partial charge < -0.3 is 4.74 Å². The second-order valence-electron chi connectivity index (χ2n) is 4.62. The summed E-state index contributed by atoms with van der Waals surface area (Å²) in [6.45, 7) is 5.28. The molecule has 96 valence electrons. The van der Waals surface area contributed by atoms with Crippen molar-refractivity contribution in [1.82, 2.24) is 9.78 Å². The number of carbonyl (C=O) groups is 2. The van der Waals surface area contributed by atoms with E-state index < -0.39 is 11.7 Å². The highest BCUT2D eigenvalue weighted by Crippen LogP contribution is 2.10. The largest absolute Gasteiger partial charge is 0.444 e. The topological polar surface area (TPSA) is 73.2 Å². The Morgan fingerprint density at radius 1 is 1.56 bits per heavy atom. The second-order valence-corrected chi connectivity index (χ2v) is 4.62. The number of rotatable bonds is 3. The number of anilines is 1. The summed E-state index contributed by atoms with van der Waals surface area (Å²) in [6, 6.07) is 0. The predicted octanol–water partition coefficient (Wildman–Crippen LogP) is 1.43. The second kappa shape index (κ2) is 5.36. The maximum atomic E-state index is 11.4. The predicted molar refractivity (Wildman–Crippen MR) is 65.9 cm³/mol. The van der Waals surface area contributed by atoms with E-state index in [0.29, 0.717) is 5.69 Å². The average Bonchev–Trinajstić information content (AvgIpc) is 2.62. The molecule has 0 aromatic carbocycles. The molecule has 18 heavy (non-hydrogen) atoms. The van der Waals surface area contributed by atoms with Gasteiger partial charge in [-0.3, -0.25) is 14.8 Å². The van der Waals surface area contributed by atoms with Crippen LogP contribution in [0.4, 0.5) is 10.5 Å². The lowest BCUT2D eigenvalue weighted by molar-refractivity contribution is -0.114. The van der Waals surface area contributed by atoms with Crippen molar-refractivity contribution in [2.75, 3.05) is 5.32 Å². The zero-order valence-electron chi connectivity index (χ0n) is 10.6. The van der Waals surface area contributed by atoms with E-state index >= 15 is 0 Å². The average molecular weight is 249 g/mol. The number of aromatic nitrogens is 2. The van der Waals surface area contributed by atoms with Gasteiger partial charge in [-0.1, -0.05) is 0 Å². The molecule has 0 unspecified atom stereocenters. The zero-order valence-corrected chi connectivity index (χ0v) is 10.6. The van der Waals surface area contributed by atoms with Crippen molar-refractivity contribution in [3.8, 4) is 12.3 Å². The van der Waals surface area contributed by atoms with Gasteiger partial charge in [0.15, 0.2) is 0 Å². The highest BCUT2D eigenvalue weighted by Gasteiger charge is 2.16. The van der Waals surface area contributed by atoms with E-state index in [4.69, 9.17) is 11.2 Å². The molecule has 0 radical (unpaired) electrons. The number of hydrogen-bond donors (Lipinski definition) is 1. The van der Waals surface area contributed by atoms with Crippen LogP contribution in [0.1, 0.15) is 20.8 Å². The molecule has 0 spiro atoms. The normalized spacial score (nSPS) is 10.6. The Morgan fingerprint density at radius 3 is 2.78 bits per heavy atom. The summed E-state index contributed by atoms with van der Waals surface area (Å²) in [5.41, 5.74) is -0.131. The molecule has 1 heterocycles. The first-order valence-electron chi connectivity index (χ1n) is 5.32.